The zero-order valence-corrected chi connectivity index (χ0v) is 12.0. The summed E-state index contributed by atoms with van der Waals surface area (Å²) in [6.45, 7) is 3.72. The van der Waals surface area contributed by atoms with Gasteiger partial charge in [-0.1, -0.05) is 11.6 Å². The third kappa shape index (κ3) is 1.96. The average Bonchev–Trinajstić information content (AvgIpc) is 3.18. The molecule has 0 bridgehead atoms. The van der Waals surface area contributed by atoms with Crippen LogP contribution in [0.3, 0.4) is 0 Å². The molecule has 4 rings (SSSR count). The van der Waals surface area contributed by atoms with Gasteiger partial charge in [-0.05, 0) is 19.3 Å². The smallest absolute Gasteiger partial charge is 0.132 e. The molecule has 2 aliphatic rings. The van der Waals surface area contributed by atoms with Gasteiger partial charge in [0.25, 0.3) is 0 Å². The summed E-state index contributed by atoms with van der Waals surface area (Å²) >= 11 is 6.17. The molecule has 4 heterocycles. The molecule has 0 N–H and O–H groups in total. The van der Waals surface area contributed by atoms with E-state index in [-0.39, 0.29) is 0 Å². The quantitative estimate of drug-likeness (QED) is 0.798. The number of aromatic nitrogens is 3. The van der Waals surface area contributed by atoms with Gasteiger partial charge in [-0.2, -0.15) is 5.10 Å². The Morgan fingerprint density at radius 2 is 2.15 bits per heavy atom. The van der Waals surface area contributed by atoms with Crippen molar-refractivity contribution in [3.05, 3.63) is 17.4 Å². The van der Waals surface area contributed by atoms with Gasteiger partial charge in [-0.25, -0.2) is 4.98 Å². The molecule has 2 aromatic heterocycles. The molecular formula is C14H17ClN4O. The highest BCUT2D eigenvalue weighted by atomic mass is 35.5. The summed E-state index contributed by atoms with van der Waals surface area (Å²) in [6, 6.07) is 2.29. The molecule has 0 aromatic carbocycles. The highest BCUT2D eigenvalue weighted by Gasteiger charge is 2.25. The van der Waals surface area contributed by atoms with E-state index in [9.17, 15) is 0 Å². The van der Waals surface area contributed by atoms with Gasteiger partial charge in [0.2, 0.25) is 0 Å². The van der Waals surface area contributed by atoms with Crippen LogP contribution in [0.25, 0.3) is 11.0 Å². The van der Waals surface area contributed by atoms with E-state index in [0.717, 1.165) is 43.8 Å². The number of anilines is 1. The molecule has 2 aliphatic heterocycles. The zero-order chi connectivity index (χ0) is 13.5. The van der Waals surface area contributed by atoms with Crippen molar-refractivity contribution in [3.8, 4) is 0 Å². The van der Waals surface area contributed by atoms with Gasteiger partial charge in [-0.15, -0.1) is 0 Å². The minimum Gasteiger partial charge on any atom is -0.379 e. The standard InChI is InChI=1S/C14H17ClN4O/c15-13-7-12(18-4-1-2-5-18)14-11(17-13)8-16-19(14)10-3-6-20-9-10/h7-8,10H,1-6,9H2. The lowest BCUT2D eigenvalue weighted by Crippen LogP contribution is -2.20. The summed E-state index contributed by atoms with van der Waals surface area (Å²) in [7, 11) is 0. The first-order valence-electron chi connectivity index (χ1n) is 7.19. The van der Waals surface area contributed by atoms with Crippen LogP contribution >= 0.6 is 11.6 Å². The molecule has 2 saturated heterocycles. The molecule has 1 atom stereocenters. The van der Waals surface area contributed by atoms with Crippen LogP contribution in [0.5, 0.6) is 0 Å². The summed E-state index contributed by atoms with van der Waals surface area (Å²) < 4.78 is 7.58. The van der Waals surface area contributed by atoms with Crippen molar-refractivity contribution in [2.45, 2.75) is 25.3 Å². The normalized spacial score (nSPS) is 23.1. The predicted octanol–water partition coefficient (Wildman–Crippen LogP) is 2.65. The predicted molar refractivity (Wildman–Crippen MR) is 78.5 cm³/mol. The second-order valence-corrected chi connectivity index (χ2v) is 5.89. The van der Waals surface area contributed by atoms with Gasteiger partial charge in [0.1, 0.15) is 16.2 Å². The van der Waals surface area contributed by atoms with Gasteiger partial charge in [-0.3, -0.25) is 4.68 Å². The number of halogens is 1. The van der Waals surface area contributed by atoms with Gasteiger partial charge in [0.15, 0.2) is 0 Å². The number of pyridine rings is 1. The van der Waals surface area contributed by atoms with Crippen LogP contribution in [0, 0.1) is 0 Å². The van der Waals surface area contributed by atoms with Gasteiger partial charge < -0.3 is 9.64 Å². The van der Waals surface area contributed by atoms with Gasteiger partial charge in [0, 0.05) is 25.8 Å². The summed E-state index contributed by atoms with van der Waals surface area (Å²) in [5.74, 6) is 0. The van der Waals surface area contributed by atoms with Crippen LogP contribution in [0.2, 0.25) is 5.15 Å². The second kappa shape index (κ2) is 4.90. The topological polar surface area (TPSA) is 43.2 Å². The van der Waals surface area contributed by atoms with Crippen molar-refractivity contribution in [1.29, 1.82) is 0 Å². The van der Waals surface area contributed by atoms with E-state index in [1.54, 1.807) is 0 Å². The number of fused-ring (bicyclic) bond motifs is 1. The van der Waals surface area contributed by atoms with Crippen LogP contribution in [0.4, 0.5) is 5.69 Å². The number of rotatable bonds is 2. The SMILES string of the molecule is Clc1cc(N2CCCC2)c2c(cnn2C2CCOC2)n1. The highest BCUT2D eigenvalue weighted by Crippen LogP contribution is 2.33. The van der Waals surface area contributed by atoms with E-state index in [1.807, 2.05) is 12.3 Å². The van der Waals surface area contributed by atoms with Crippen molar-refractivity contribution in [3.63, 3.8) is 0 Å². The molecule has 1 unspecified atom stereocenters. The summed E-state index contributed by atoms with van der Waals surface area (Å²) in [6.07, 6.45) is 5.31. The third-order valence-corrected chi connectivity index (χ3v) is 4.39. The van der Waals surface area contributed by atoms with E-state index in [2.05, 4.69) is 19.7 Å². The molecule has 2 aromatic rings. The molecule has 0 saturated carbocycles. The summed E-state index contributed by atoms with van der Waals surface area (Å²) in [4.78, 5) is 6.81. The van der Waals surface area contributed by atoms with Crippen LogP contribution in [-0.2, 0) is 4.74 Å². The van der Waals surface area contributed by atoms with Crippen LogP contribution < -0.4 is 4.90 Å². The maximum Gasteiger partial charge on any atom is 0.132 e. The first kappa shape index (κ1) is 12.4. The van der Waals surface area contributed by atoms with Crippen molar-refractivity contribution < 1.29 is 4.74 Å². The lowest BCUT2D eigenvalue weighted by atomic mass is 10.2. The molecule has 0 spiro atoms. The van der Waals surface area contributed by atoms with Gasteiger partial charge >= 0.3 is 0 Å². The molecule has 0 radical (unpaired) electrons. The lowest BCUT2D eigenvalue weighted by molar-refractivity contribution is 0.185. The fraction of sp³-hybridized carbons (Fsp3) is 0.571. The lowest BCUT2D eigenvalue weighted by Gasteiger charge is -2.21. The Bertz CT molecular complexity index is 629. The minimum absolute atomic E-state index is 0.317. The van der Waals surface area contributed by atoms with E-state index >= 15 is 0 Å². The highest BCUT2D eigenvalue weighted by molar-refractivity contribution is 6.30. The number of ether oxygens (including phenoxy) is 1. The van der Waals surface area contributed by atoms with E-state index < -0.39 is 0 Å². The zero-order valence-electron chi connectivity index (χ0n) is 11.3. The Morgan fingerprint density at radius 1 is 1.30 bits per heavy atom. The van der Waals surface area contributed by atoms with E-state index in [4.69, 9.17) is 16.3 Å². The third-order valence-electron chi connectivity index (χ3n) is 4.20. The van der Waals surface area contributed by atoms with Crippen LogP contribution in [0.1, 0.15) is 25.3 Å². The Hall–Kier alpha value is -1.33. The number of nitrogens with zero attached hydrogens (tertiary/aromatic N) is 4. The Kier molecular flexibility index (Phi) is 3.04. The maximum atomic E-state index is 6.17. The molecular weight excluding hydrogens is 276 g/mol. The number of hydrogen-bond acceptors (Lipinski definition) is 4. The molecule has 0 aliphatic carbocycles. The fourth-order valence-electron chi connectivity index (χ4n) is 3.20. The first-order chi connectivity index (χ1) is 9.83. The average molecular weight is 293 g/mol. The molecule has 6 heteroatoms. The van der Waals surface area contributed by atoms with Crippen molar-refractivity contribution in [2.24, 2.45) is 0 Å². The first-order valence-corrected chi connectivity index (χ1v) is 7.57. The maximum absolute atomic E-state index is 6.17. The van der Waals surface area contributed by atoms with Crippen molar-refractivity contribution >= 4 is 28.3 Å². The molecule has 106 valence electrons. The van der Waals surface area contributed by atoms with Crippen LogP contribution in [0.15, 0.2) is 12.3 Å². The van der Waals surface area contributed by atoms with Crippen LogP contribution in [-0.4, -0.2) is 41.1 Å². The number of hydrogen-bond donors (Lipinski definition) is 0. The Labute approximate surface area is 122 Å². The Morgan fingerprint density at radius 3 is 2.90 bits per heavy atom. The molecule has 5 nitrogen and oxygen atoms in total. The summed E-state index contributed by atoms with van der Waals surface area (Å²) in [5, 5.41) is 5.08. The summed E-state index contributed by atoms with van der Waals surface area (Å²) in [5.41, 5.74) is 3.15. The monoisotopic (exact) mass is 292 g/mol. The fourth-order valence-corrected chi connectivity index (χ4v) is 3.40. The minimum atomic E-state index is 0.317. The van der Waals surface area contributed by atoms with E-state index in [1.165, 1.54) is 18.5 Å². The molecule has 0 amide bonds. The largest absolute Gasteiger partial charge is 0.379 e. The Balaban J connectivity index is 1.88. The van der Waals surface area contributed by atoms with Crippen molar-refractivity contribution in [2.75, 3.05) is 31.2 Å². The molecule has 2 fully saturated rings. The van der Waals surface area contributed by atoms with Gasteiger partial charge in [0.05, 0.1) is 24.5 Å². The molecule has 20 heavy (non-hydrogen) atoms. The second-order valence-electron chi connectivity index (χ2n) is 5.50. The van der Waals surface area contributed by atoms with Crippen molar-refractivity contribution in [1.82, 2.24) is 14.8 Å². The van der Waals surface area contributed by atoms with E-state index in [0.29, 0.717) is 11.2 Å².